The van der Waals surface area contributed by atoms with Crippen molar-refractivity contribution in [1.29, 1.82) is 0 Å². The number of nitrogens with zero attached hydrogens (tertiary/aromatic N) is 2. The molecule has 2 amide bonds. The zero-order chi connectivity index (χ0) is 21.7. The quantitative estimate of drug-likeness (QED) is 0.494. The van der Waals surface area contributed by atoms with Crippen molar-refractivity contribution in [3.8, 4) is 0 Å². The summed E-state index contributed by atoms with van der Waals surface area (Å²) in [4.78, 5) is 28.8. The van der Waals surface area contributed by atoms with Crippen LogP contribution in [0.3, 0.4) is 0 Å². The van der Waals surface area contributed by atoms with Crippen LogP contribution in [0.15, 0.2) is 52.0 Å². The number of rotatable bonds is 8. The van der Waals surface area contributed by atoms with Gasteiger partial charge < -0.3 is 9.73 Å². The lowest BCUT2D eigenvalue weighted by atomic mass is 10.2. The first-order valence-electron chi connectivity index (χ1n) is 9.32. The third kappa shape index (κ3) is 5.56. The molecule has 6 nitrogen and oxygen atoms in total. The van der Waals surface area contributed by atoms with Crippen molar-refractivity contribution in [2.75, 3.05) is 27.2 Å². The van der Waals surface area contributed by atoms with Gasteiger partial charge >= 0.3 is 0 Å². The van der Waals surface area contributed by atoms with Crippen LogP contribution in [0.2, 0.25) is 0 Å². The highest BCUT2D eigenvalue weighted by Crippen LogP contribution is 2.32. The summed E-state index contributed by atoms with van der Waals surface area (Å²) in [5.41, 5.74) is 0.710. The van der Waals surface area contributed by atoms with Crippen LogP contribution >= 0.6 is 24.0 Å². The molecule has 1 aromatic heterocycles. The van der Waals surface area contributed by atoms with E-state index < -0.39 is 0 Å². The van der Waals surface area contributed by atoms with E-state index in [0.717, 1.165) is 5.76 Å². The van der Waals surface area contributed by atoms with Gasteiger partial charge in [0, 0.05) is 19.5 Å². The second-order valence-electron chi connectivity index (χ2n) is 6.93. The maximum atomic E-state index is 13.0. The van der Waals surface area contributed by atoms with Gasteiger partial charge in [-0.2, -0.15) is 0 Å². The number of nitrogens with one attached hydrogen (secondary N) is 1. The highest BCUT2D eigenvalue weighted by molar-refractivity contribution is 8.26. The van der Waals surface area contributed by atoms with Crippen LogP contribution in [0.5, 0.6) is 0 Å². The molecule has 1 N–H and O–H groups in total. The van der Waals surface area contributed by atoms with Gasteiger partial charge in [0.25, 0.3) is 5.91 Å². The monoisotopic (exact) mass is 447 g/mol. The number of furan rings is 1. The van der Waals surface area contributed by atoms with E-state index in [1.807, 2.05) is 31.1 Å². The standard InChI is InChI=1S/C21H22FN3O3S2/c1-24(2)16(17-4-3-11-28-17)13-23-19(26)9-10-25-20(27)18(30-21(25)29)12-14-5-7-15(22)8-6-14/h3-8,11-12,16H,9-10,13H2,1-2H3,(H,23,26)/b18-12-. The van der Waals surface area contributed by atoms with Crippen LogP contribution in [-0.4, -0.2) is 53.1 Å². The van der Waals surface area contributed by atoms with E-state index >= 15 is 0 Å². The minimum atomic E-state index is -0.339. The highest BCUT2D eigenvalue weighted by atomic mass is 32.2. The first-order chi connectivity index (χ1) is 14.3. The predicted octanol–water partition coefficient (Wildman–Crippen LogP) is 3.43. The zero-order valence-corrected chi connectivity index (χ0v) is 18.3. The molecule has 1 fully saturated rings. The molecule has 1 unspecified atom stereocenters. The van der Waals surface area contributed by atoms with Gasteiger partial charge in [0.15, 0.2) is 0 Å². The molecule has 1 saturated heterocycles. The fourth-order valence-electron chi connectivity index (χ4n) is 2.93. The van der Waals surface area contributed by atoms with Crippen molar-refractivity contribution in [2.45, 2.75) is 12.5 Å². The number of carbonyl (C=O) groups is 2. The molecule has 1 aliphatic heterocycles. The van der Waals surface area contributed by atoms with E-state index in [0.29, 0.717) is 21.3 Å². The highest BCUT2D eigenvalue weighted by Gasteiger charge is 2.32. The summed E-state index contributed by atoms with van der Waals surface area (Å²) in [6.45, 7) is 0.590. The number of halogens is 1. The Hall–Kier alpha value is -2.49. The van der Waals surface area contributed by atoms with Gasteiger partial charge in [-0.25, -0.2) is 4.39 Å². The van der Waals surface area contributed by atoms with Crippen molar-refractivity contribution in [3.63, 3.8) is 0 Å². The van der Waals surface area contributed by atoms with Crippen molar-refractivity contribution < 1.29 is 18.4 Å². The van der Waals surface area contributed by atoms with Crippen molar-refractivity contribution >= 4 is 46.2 Å². The van der Waals surface area contributed by atoms with Gasteiger partial charge in [0.05, 0.1) is 17.2 Å². The van der Waals surface area contributed by atoms with E-state index in [1.165, 1.54) is 28.8 Å². The summed E-state index contributed by atoms with van der Waals surface area (Å²) in [7, 11) is 3.82. The van der Waals surface area contributed by atoms with Crippen molar-refractivity contribution in [2.24, 2.45) is 0 Å². The molecule has 2 heterocycles. The summed E-state index contributed by atoms with van der Waals surface area (Å²) in [5, 5.41) is 2.88. The molecule has 1 aromatic carbocycles. The number of hydrogen-bond acceptors (Lipinski definition) is 6. The Morgan fingerprint density at radius 3 is 2.70 bits per heavy atom. The Labute approximate surface area is 184 Å². The molecular formula is C21H22FN3O3S2. The Morgan fingerprint density at radius 1 is 1.33 bits per heavy atom. The van der Waals surface area contributed by atoms with Gasteiger partial charge in [-0.3, -0.25) is 19.4 Å². The van der Waals surface area contributed by atoms with Gasteiger partial charge in [-0.15, -0.1) is 0 Å². The summed E-state index contributed by atoms with van der Waals surface area (Å²) in [6.07, 6.45) is 3.40. The van der Waals surface area contributed by atoms with Crippen LogP contribution in [0.1, 0.15) is 23.8 Å². The lowest BCUT2D eigenvalue weighted by Gasteiger charge is -2.23. The average molecular weight is 448 g/mol. The van der Waals surface area contributed by atoms with E-state index in [1.54, 1.807) is 24.5 Å². The Bertz CT molecular complexity index is 943. The zero-order valence-electron chi connectivity index (χ0n) is 16.6. The van der Waals surface area contributed by atoms with Crippen LogP contribution in [-0.2, 0) is 9.59 Å². The van der Waals surface area contributed by atoms with E-state index in [9.17, 15) is 14.0 Å². The third-order valence-electron chi connectivity index (χ3n) is 4.59. The van der Waals surface area contributed by atoms with Gasteiger partial charge in [-0.1, -0.05) is 36.1 Å². The molecule has 0 saturated carbocycles. The molecule has 30 heavy (non-hydrogen) atoms. The molecule has 0 radical (unpaired) electrons. The van der Waals surface area contributed by atoms with Crippen molar-refractivity contribution in [1.82, 2.24) is 15.1 Å². The topological polar surface area (TPSA) is 65.8 Å². The summed E-state index contributed by atoms with van der Waals surface area (Å²) < 4.78 is 18.9. The third-order valence-corrected chi connectivity index (χ3v) is 5.97. The number of hydrogen-bond donors (Lipinski definition) is 1. The molecule has 9 heteroatoms. The van der Waals surface area contributed by atoms with E-state index in [-0.39, 0.29) is 36.6 Å². The number of benzene rings is 1. The first kappa shape index (κ1) is 22.2. The maximum Gasteiger partial charge on any atom is 0.266 e. The number of carbonyl (C=O) groups excluding carboxylic acids is 2. The number of amides is 2. The van der Waals surface area contributed by atoms with Gasteiger partial charge in [0.1, 0.15) is 15.9 Å². The molecule has 3 rings (SSSR count). The van der Waals surface area contributed by atoms with Gasteiger partial charge in [0.2, 0.25) is 5.91 Å². The Morgan fingerprint density at radius 2 is 2.07 bits per heavy atom. The van der Waals surface area contributed by atoms with Crippen LogP contribution in [0, 0.1) is 5.82 Å². The SMILES string of the molecule is CN(C)C(CNC(=O)CCN1C(=O)/C(=C/c2ccc(F)cc2)SC1=S)c1ccco1. The Kier molecular flexibility index (Phi) is 7.41. The van der Waals surface area contributed by atoms with Gasteiger partial charge in [-0.05, 0) is 50.0 Å². The number of thiocarbonyl (C=S) groups is 1. The molecule has 0 aliphatic carbocycles. The first-order valence-corrected chi connectivity index (χ1v) is 10.5. The number of thioether (sulfide) groups is 1. The van der Waals surface area contributed by atoms with Crippen LogP contribution in [0.4, 0.5) is 4.39 Å². The second-order valence-corrected chi connectivity index (χ2v) is 8.61. The number of likely N-dealkylation sites (N-methyl/N-ethyl adjacent to an activating group) is 1. The van der Waals surface area contributed by atoms with Crippen LogP contribution in [0.25, 0.3) is 6.08 Å². The molecule has 158 valence electrons. The average Bonchev–Trinajstić information content (AvgIpc) is 3.31. The molecule has 0 spiro atoms. The molecule has 2 aromatic rings. The van der Waals surface area contributed by atoms with E-state index in [4.69, 9.17) is 16.6 Å². The minimum Gasteiger partial charge on any atom is -0.468 e. The summed E-state index contributed by atoms with van der Waals surface area (Å²) >= 11 is 6.47. The largest absolute Gasteiger partial charge is 0.468 e. The smallest absolute Gasteiger partial charge is 0.266 e. The summed E-state index contributed by atoms with van der Waals surface area (Å²) in [5.74, 6) is 0.00582. The lowest BCUT2D eigenvalue weighted by Crippen LogP contribution is -2.37. The fraction of sp³-hybridized carbons (Fsp3) is 0.286. The molecule has 1 aliphatic rings. The van der Waals surface area contributed by atoms with Crippen LogP contribution < -0.4 is 5.32 Å². The normalized spacial score (nSPS) is 16.5. The minimum absolute atomic E-state index is 0.0840. The summed E-state index contributed by atoms with van der Waals surface area (Å²) in [6, 6.07) is 9.44. The second kappa shape index (κ2) is 10.0. The van der Waals surface area contributed by atoms with Crippen molar-refractivity contribution in [3.05, 3.63) is 64.7 Å². The molecular weight excluding hydrogens is 425 g/mol. The Balaban J connectivity index is 1.53. The maximum absolute atomic E-state index is 13.0. The fourth-order valence-corrected chi connectivity index (χ4v) is 4.24. The predicted molar refractivity (Wildman–Crippen MR) is 119 cm³/mol. The molecule has 0 bridgehead atoms. The van der Waals surface area contributed by atoms with E-state index in [2.05, 4.69) is 5.32 Å². The lowest BCUT2D eigenvalue weighted by molar-refractivity contribution is -0.124. The molecule has 1 atom stereocenters.